The molecule has 66 valence electrons. The predicted molar refractivity (Wildman–Crippen MR) is 35.7 cm³/mol. The van der Waals surface area contributed by atoms with Crippen molar-refractivity contribution < 1.29 is 24.9 Å². The maximum absolute atomic E-state index is 9.78. The van der Waals surface area contributed by atoms with Gasteiger partial charge in [0, 0.05) is 0 Å². The van der Waals surface area contributed by atoms with Crippen molar-refractivity contribution in [2.75, 3.05) is 13.2 Å². The van der Waals surface area contributed by atoms with E-state index in [0.29, 0.717) is 6.29 Å². The lowest BCUT2D eigenvalue weighted by Crippen LogP contribution is -2.24. The number of rotatable bonds is 6. The highest BCUT2D eigenvalue weighted by Gasteiger charge is 2.06. The Morgan fingerprint density at radius 3 is 2.55 bits per heavy atom. The summed E-state index contributed by atoms with van der Waals surface area (Å²) in [5.74, 6) is 0. The number of carbonyl (C=O) groups is 1. The van der Waals surface area contributed by atoms with E-state index in [-0.39, 0.29) is 13.0 Å². The molecule has 0 aliphatic carbocycles. The van der Waals surface area contributed by atoms with E-state index in [4.69, 9.17) is 15.3 Å². The summed E-state index contributed by atoms with van der Waals surface area (Å²) in [5.41, 5.74) is 0. The van der Waals surface area contributed by atoms with Crippen LogP contribution in [0.5, 0.6) is 0 Å². The Bertz CT molecular complexity index is 105. The Morgan fingerprint density at radius 2 is 2.09 bits per heavy atom. The van der Waals surface area contributed by atoms with Crippen LogP contribution in [0.15, 0.2) is 0 Å². The lowest BCUT2D eigenvalue weighted by atomic mass is 10.4. The predicted octanol–water partition coefficient (Wildman–Crippen LogP) is -1.74. The Labute approximate surface area is 64.2 Å². The van der Waals surface area contributed by atoms with Gasteiger partial charge in [-0.3, -0.25) is 0 Å². The third-order valence-corrected chi connectivity index (χ3v) is 0.990. The van der Waals surface area contributed by atoms with Crippen LogP contribution in [0, 0.1) is 0 Å². The number of hydrogen-bond donors (Lipinski definition) is 3. The van der Waals surface area contributed by atoms with Crippen LogP contribution in [0.2, 0.25) is 0 Å². The van der Waals surface area contributed by atoms with Gasteiger partial charge in [0.2, 0.25) is 0 Å². The lowest BCUT2D eigenvalue weighted by molar-refractivity contribution is -0.138. The molecule has 0 aromatic carbocycles. The summed E-state index contributed by atoms with van der Waals surface area (Å²) < 4.78 is 4.55. The lowest BCUT2D eigenvalue weighted by Gasteiger charge is -2.11. The van der Waals surface area contributed by atoms with E-state index in [0.717, 1.165) is 0 Å². The largest absolute Gasteiger partial charge is 0.394 e. The third-order valence-electron chi connectivity index (χ3n) is 0.990. The van der Waals surface area contributed by atoms with Gasteiger partial charge < -0.3 is 24.9 Å². The van der Waals surface area contributed by atoms with Gasteiger partial charge in [-0.1, -0.05) is 0 Å². The van der Waals surface area contributed by atoms with Crippen LogP contribution in [0.25, 0.3) is 0 Å². The van der Waals surface area contributed by atoms with Crippen LogP contribution < -0.4 is 0 Å². The highest BCUT2D eigenvalue weighted by molar-refractivity contribution is 5.49. The van der Waals surface area contributed by atoms with Gasteiger partial charge in [-0.25, -0.2) is 0 Å². The molecule has 0 amide bonds. The highest BCUT2D eigenvalue weighted by Crippen LogP contribution is 1.92. The smallest absolute Gasteiger partial charge is 0.161 e. The Morgan fingerprint density at radius 1 is 1.45 bits per heavy atom. The molecule has 0 rings (SSSR count). The number of hydrogen-bond acceptors (Lipinski definition) is 5. The molecule has 0 bridgehead atoms. The van der Waals surface area contributed by atoms with Crippen molar-refractivity contribution in [1.29, 1.82) is 0 Å². The van der Waals surface area contributed by atoms with E-state index < -0.39 is 19.0 Å². The maximum atomic E-state index is 9.78. The number of carbonyl (C=O) groups excluding carboxylic acids is 1. The number of aliphatic hydroxyl groups is 3. The minimum Gasteiger partial charge on any atom is -0.394 e. The van der Waals surface area contributed by atoms with Gasteiger partial charge in [0.1, 0.15) is 12.4 Å². The average Bonchev–Trinajstić information content (AvgIpc) is 2.01. The number of aldehydes is 1. The monoisotopic (exact) mass is 164 g/mol. The van der Waals surface area contributed by atoms with E-state index in [9.17, 15) is 4.79 Å². The van der Waals surface area contributed by atoms with Crippen molar-refractivity contribution in [1.82, 2.24) is 0 Å². The van der Waals surface area contributed by atoms with Crippen LogP contribution in [0.4, 0.5) is 0 Å². The molecule has 0 spiro atoms. The zero-order chi connectivity index (χ0) is 8.69. The molecule has 5 heteroatoms. The first-order valence-corrected chi connectivity index (χ1v) is 3.23. The normalized spacial score (nSPS) is 15.9. The minimum absolute atomic E-state index is 0.127. The molecule has 0 saturated heterocycles. The number of aliphatic hydroxyl groups excluding tert-OH is 3. The summed E-state index contributed by atoms with van der Waals surface area (Å²) >= 11 is 0. The van der Waals surface area contributed by atoms with Crippen molar-refractivity contribution in [3.05, 3.63) is 0 Å². The van der Waals surface area contributed by atoms with Gasteiger partial charge in [-0.2, -0.15) is 0 Å². The van der Waals surface area contributed by atoms with E-state index >= 15 is 0 Å². The molecule has 0 aliphatic heterocycles. The van der Waals surface area contributed by atoms with Gasteiger partial charge in [0.15, 0.2) is 6.29 Å². The number of ether oxygens (including phenoxy) is 1. The molecule has 0 radical (unpaired) electrons. The Hall–Kier alpha value is -0.490. The first-order valence-electron chi connectivity index (χ1n) is 3.23. The molecule has 0 aromatic rings. The van der Waals surface area contributed by atoms with Crippen LogP contribution in [0.1, 0.15) is 6.42 Å². The third kappa shape index (κ3) is 5.93. The molecule has 2 atom stereocenters. The summed E-state index contributed by atoms with van der Waals surface area (Å²) in [7, 11) is 0. The molecular formula is C6H12O5. The van der Waals surface area contributed by atoms with Crippen LogP contribution in [0.3, 0.4) is 0 Å². The second-order valence-corrected chi connectivity index (χ2v) is 2.03. The average molecular weight is 164 g/mol. The Balaban J connectivity index is 3.29. The molecule has 2 unspecified atom stereocenters. The second-order valence-electron chi connectivity index (χ2n) is 2.03. The van der Waals surface area contributed by atoms with Crippen molar-refractivity contribution in [3.63, 3.8) is 0 Å². The fourth-order valence-electron chi connectivity index (χ4n) is 0.425. The van der Waals surface area contributed by atoms with Gasteiger partial charge in [0.05, 0.1) is 19.6 Å². The van der Waals surface area contributed by atoms with E-state index in [1.165, 1.54) is 0 Å². The van der Waals surface area contributed by atoms with Gasteiger partial charge in [0.25, 0.3) is 0 Å². The summed E-state index contributed by atoms with van der Waals surface area (Å²) in [5, 5.41) is 25.7. The van der Waals surface area contributed by atoms with E-state index in [2.05, 4.69) is 4.74 Å². The van der Waals surface area contributed by atoms with Crippen LogP contribution in [-0.4, -0.2) is 47.2 Å². The second kappa shape index (κ2) is 6.23. The highest BCUT2D eigenvalue weighted by atomic mass is 16.6. The quantitative estimate of drug-likeness (QED) is 0.320. The van der Waals surface area contributed by atoms with Crippen molar-refractivity contribution in [2.24, 2.45) is 0 Å². The first kappa shape index (κ1) is 10.5. The summed E-state index contributed by atoms with van der Waals surface area (Å²) in [6, 6.07) is 0. The molecule has 0 aliphatic rings. The van der Waals surface area contributed by atoms with Crippen LogP contribution in [-0.2, 0) is 9.53 Å². The standard InChI is InChI=1S/C6H12O5/c7-2-1-6(10)11-4-5(9)3-8/h2,5-6,8-10H,1,3-4H2. The topological polar surface area (TPSA) is 87.0 Å². The SMILES string of the molecule is O=CCC(O)OCC(O)CO. The summed E-state index contributed by atoms with van der Waals surface area (Å²) in [6.45, 7) is -0.598. The fourth-order valence-corrected chi connectivity index (χ4v) is 0.425. The molecule has 0 aromatic heterocycles. The molecule has 3 N–H and O–H groups in total. The van der Waals surface area contributed by atoms with Crippen molar-refractivity contribution >= 4 is 6.29 Å². The summed E-state index contributed by atoms with van der Waals surface area (Å²) in [4.78, 5) is 9.78. The van der Waals surface area contributed by atoms with E-state index in [1.807, 2.05) is 0 Å². The molecule has 5 nitrogen and oxygen atoms in total. The molecule has 0 saturated carbocycles. The van der Waals surface area contributed by atoms with Gasteiger partial charge >= 0.3 is 0 Å². The zero-order valence-electron chi connectivity index (χ0n) is 6.01. The van der Waals surface area contributed by atoms with Crippen molar-refractivity contribution in [2.45, 2.75) is 18.8 Å². The fraction of sp³-hybridized carbons (Fsp3) is 0.833. The van der Waals surface area contributed by atoms with Gasteiger partial charge in [-0.05, 0) is 0 Å². The molecular weight excluding hydrogens is 152 g/mol. The zero-order valence-corrected chi connectivity index (χ0v) is 6.01. The Kier molecular flexibility index (Phi) is 5.96. The minimum atomic E-state index is -1.19. The first-order chi connectivity index (χ1) is 5.20. The maximum Gasteiger partial charge on any atom is 0.161 e. The van der Waals surface area contributed by atoms with Crippen molar-refractivity contribution in [3.8, 4) is 0 Å². The molecule has 11 heavy (non-hydrogen) atoms. The van der Waals surface area contributed by atoms with Gasteiger partial charge in [-0.15, -0.1) is 0 Å². The summed E-state index contributed by atoms with van der Waals surface area (Å²) in [6.07, 6.45) is -1.81. The molecule has 0 fully saturated rings. The molecule has 0 heterocycles. The van der Waals surface area contributed by atoms with Crippen LogP contribution >= 0.6 is 0 Å². The van der Waals surface area contributed by atoms with E-state index in [1.54, 1.807) is 0 Å².